The maximum Gasteiger partial charge on any atom is 0.0220 e. The highest BCUT2D eigenvalue weighted by Crippen LogP contribution is 2.16. The van der Waals surface area contributed by atoms with E-state index in [1.54, 1.807) is 0 Å². The van der Waals surface area contributed by atoms with Crippen LogP contribution in [0.25, 0.3) is 0 Å². The van der Waals surface area contributed by atoms with Gasteiger partial charge in [0.15, 0.2) is 0 Å². The lowest BCUT2D eigenvalue weighted by atomic mass is 10.0. The summed E-state index contributed by atoms with van der Waals surface area (Å²) in [5.41, 5.74) is 0. The Hall–Kier alpha value is -0.120. The van der Waals surface area contributed by atoms with Crippen LogP contribution in [0.3, 0.4) is 0 Å². The molecule has 0 aromatic heterocycles. The average molecular weight is 211 g/mol. The number of likely N-dealkylation sites (N-methyl/N-ethyl adjacent to an activating group) is 1. The van der Waals surface area contributed by atoms with Crippen molar-refractivity contribution in [2.24, 2.45) is 0 Å². The summed E-state index contributed by atoms with van der Waals surface area (Å²) in [4.78, 5) is 5.20. The minimum Gasteiger partial charge on any atom is -0.315 e. The van der Waals surface area contributed by atoms with Crippen LogP contribution in [0.1, 0.15) is 25.7 Å². The van der Waals surface area contributed by atoms with E-state index in [0.29, 0.717) is 0 Å². The van der Waals surface area contributed by atoms with Crippen molar-refractivity contribution in [3.05, 3.63) is 0 Å². The van der Waals surface area contributed by atoms with Gasteiger partial charge in [-0.15, -0.1) is 0 Å². The molecule has 0 amide bonds. The van der Waals surface area contributed by atoms with Gasteiger partial charge in [0, 0.05) is 25.7 Å². The highest BCUT2D eigenvalue weighted by Gasteiger charge is 2.21. The first-order chi connectivity index (χ1) is 7.36. The number of piperidine rings is 1. The van der Waals surface area contributed by atoms with E-state index >= 15 is 0 Å². The van der Waals surface area contributed by atoms with Crippen LogP contribution in [0.2, 0.25) is 0 Å². The third kappa shape index (κ3) is 3.44. The molecular formula is C12H25N3. The van der Waals surface area contributed by atoms with E-state index in [1.807, 2.05) is 0 Å². The fourth-order valence-corrected chi connectivity index (χ4v) is 2.76. The van der Waals surface area contributed by atoms with E-state index < -0.39 is 0 Å². The molecule has 0 aromatic rings. The molecule has 0 aliphatic carbocycles. The van der Waals surface area contributed by atoms with E-state index in [-0.39, 0.29) is 0 Å². The van der Waals surface area contributed by atoms with E-state index in [9.17, 15) is 0 Å². The molecule has 1 N–H and O–H groups in total. The molecular weight excluding hydrogens is 186 g/mol. The van der Waals surface area contributed by atoms with Gasteiger partial charge in [-0.3, -0.25) is 0 Å². The Bertz CT molecular complexity index is 176. The Balaban J connectivity index is 1.78. The molecule has 3 heteroatoms. The standard InChI is InChI=1S/C12H25N3/c1-14-8-3-2-5-12(14)11-15-9-4-6-13-7-10-15/h12-13H,2-11H2,1H3. The predicted octanol–water partition coefficient (Wildman–Crippen LogP) is 0.766. The Morgan fingerprint density at radius 3 is 2.87 bits per heavy atom. The van der Waals surface area contributed by atoms with Crippen LogP contribution >= 0.6 is 0 Å². The van der Waals surface area contributed by atoms with Gasteiger partial charge in [0.1, 0.15) is 0 Å². The summed E-state index contributed by atoms with van der Waals surface area (Å²) in [5.74, 6) is 0. The molecule has 2 fully saturated rings. The normalized spacial score (nSPS) is 31.4. The zero-order valence-electron chi connectivity index (χ0n) is 10.0. The Labute approximate surface area is 93.8 Å². The van der Waals surface area contributed by atoms with Gasteiger partial charge < -0.3 is 15.1 Å². The molecule has 1 unspecified atom stereocenters. The first-order valence-corrected chi connectivity index (χ1v) is 6.49. The summed E-state index contributed by atoms with van der Waals surface area (Å²) >= 11 is 0. The van der Waals surface area contributed by atoms with Crippen LogP contribution in [-0.4, -0.2) is 62.2 Å². The molecule has 0 aromatic carbocycles. The van der Waals surface area contributed by atoms with E-state index in [4.69, 9.17) is 0 Å². The Morgan fingerprint density at radius 1 is 1.07 bits per heavy atom. The van der Waals surface area contributed by atoms with Gasteiger partial charge in [-0.25, -0.2) is 0 Å². The van der Waals surface area contributed by atoms with Crippen LogP contribution in [0.15, 0.2) is 0 Å². The van der Waals surface area contributed by atoms with Crippen LogP contribution < -0.4 is 5.32 Å². The fourth-order valence-electron chi connectivity index (χ4n) is 2.76. The van der Waals surface area contributed by atoms with Gasteiger partial charge in [-0.1, -0.05) is 6.42 Å². The summed E-state index contributed by atoms with van der Waals surface area (Å²) < 4.78 is 0. The first kappa shape index (κ1) is 11.4. The fraction of sp³-hybridized carbons (Fsp3) is 1.00. The number of hydrogen-bond acceptors (Lipinski definition) is 3. The zero-order chi connectivity index (χ0) is 10.5. The molecule has 2 aliphatic heterocycles. The molecule has 88 valence electrons. The van der Waals surface area contributed by atoms with E-state index in [0.717, 1.165) is 6.04 Å². The molecule has 0 spiro atoms. The quantitative estimate of drug-likeness (QED) is 0.728. The lowest BCUT2D eigenvalue weighted by Gasteiger charge is -2.36. The second-order valence-corrected chi connectivity index (χ2v) is 5.03. The van der Waals surface area contributed by atoms with Crippen molar-refractivity contribution < 1.29 is 0 Å². The predicted molar refractivity (Wildman–Crippen MR) is 64.2 cm³/mol. The van der Waals surface area contributed by atoms with Gasteiger partial charge in [0.25, 0.3) is 0 Å². The molecule has 0 bridgehead atoms. The maximum atomic E-state index is 3.47. The molecule has 3 nitrogen and oxygen atoms in total. The van der Waals surface area contributed by atoms with E-state index in [2.05, 4.69) is 22.2 Å². The third-order valence-electron chi connectivity index (χ3n) is 3.82. The average Bonchev–Trinajstić information content (AvgIpc) is 2.50. The van der Waals surface area contributed by atoms with E-state index in [1.165, 1.54) is 65.0 Å². The maximum absolute atomic E-state index is 3.47. The lowest BCUT2D eigenvalue weighted by molar-refractivity contribution is 0.132. The number of nitrogens with zero attached hydrogens (tertiary/aromatic N) is 2. The molecule has 15 heavy (non-hydrogen) atoms. The topological polar surface area (TPSA) is 18.5 Å². The van der Waals surface area contributed by atoms with Crippen molar-refractivity contribution in [3.63, 3.8) is 0 Å². The van der Waals surface area contributed by atoms with Gasteiger partial charge in [0.05, 0.1) is 0 Å². The molecule has 2 heterocycles. The largest absolute Gasteiger partial charge is 0.315 e. The minimum atomic E-state index is 0.817. The highest BCUT2D eigenvalue weighted by molar-refractivity contribution is 4.79. The summed E-state index contributed by atoms with van der Waals surface area (Å²) in [6, 6.07) is 0.817. The van der Waals surface area contributed by atoms with Crippen LogP contribution in [0.5, 0.6) is 0 Å². The second-order valence-electron chi connectivity index (χ2n) is 5.03. The van der Waals surface area contributed by atoms with Crippen molar-refractivity contribution in [1.29, 1.82) is 0 Å². The van der Waals surface area contributed by atoms with Crippen LogP contribution in [-0.2, 0) is 0 Å². The number of likely N-dealkylation sites (tertiary alicyclic amines) is 1. The Morgan fingerprint density at radius 2 is 2.00 bits per heavy atom. The number of rotatable bonds is 2. The first-order valence-electron chi connectivity index (χ1n) is 6.49. The van der Waals surface area contributed by atoms with Crippen molar-refractivity contribution in [2.45, 2.75) is 31.7 Å². The molecule has 2 rings (SSSR count). The summed E-state index contributed by atoms with van der Waals surface area (Å²) in [6.07, 6.45) is 5.55. The van der Waals surface area contributed by atoms with Gasteiger partial charge in [0.2, 0.25) is 0 Å². The van der Waals surface area contributed by atoms with Crippen LogP contribution in [0.4, 0.5) is 0 Å². The molecule has 0 radical (unpaired) electrons. The molecule has 0 saturated carbocycles. The van der Waals surface area contributed by atoms with Gasteiger partial charge >= 0.3 is 0 Å². The second kappa shape index (κ2) is 5.83. The summed E-state index contributed by atoms with van der Waals surface area (Å²) in [5, 5.41) is 3.47. The van der Waals surface area contributed by atoms with Crippen molar-refractivity contribution in [2.75, 3.05) is 46.3 Å². The zero-order valence-corrected chi connectivity index (χ0v) is 10.0. The molecule has 2 saturated heterocycles. The monoisotopic (exact) mass is 211 g/mol. The van der Waals surface area contributed by atoms with Crippen molar-refractivity contribution in [1.82, 2.24) is 15.1 Å². The van der Waals surface area contributed by atoms with Gasteiger partial charge in [-0.2, -0.15) is 0 Å². The summed E-state index contributed by atoms with van der Waals surface area (Å²) in [6.45, 7) is 7.50. The molecule has 1 atom stereocenters. The van der Waals surface area contributed by atoms with Crippen molar-refractivity contribution in [3.8, 4) is 0 Å². The minimum absolute atomic E-state index is 0.817. The lowest BCUT2D eigenvalue weighted by Crippen LogP contribution is -2.45. The SMILES string of the molecule is CN1CCCCC1CN1CCCNCC1. The van der Waals surface area contributed by atoms with Gasteiger partial charge in [-0.05, 0) is 45.9 Å². The Kier molecular flexibility index (Phi) is 4.42. The third-order valence-corrected chi connectivity index (χ3v) is 3.82. The van der Waals surface area contributed by atoms with Crippen molar-refractivity contribution >= 4 is 0 Å². The molecule has 2 aliphatic rings. The summed E-state index contributed by atoms with van der Waals surface area (Å²) in [7, 11) is 2.29. The number of nitrogens with one attached hydrogen (secondary N) is 1. The van der Waals surface area contributed by atoms with Crippen LogP contribution in [0, 0.1) is 0 Å². The smallest absolute Gasteiger partial charge is 0.0220 e. The highest BCUT2D eigenvalue weighted by atomic mass is 15.2. The number of hydrogen-bond donors (Lipinski definition) is 1.